The number of nitro groups is 2. The molecule has 0 aliphatic rings. The van der Waals surface area contributed by atoms with Crippen LogP contribution in [-0.2, 0) is 14.8 Å². The number of ketones is 1. The Kier molecular flexibility index (Phi) is 8.23. The standard InChI is InChI=1S/C20H19N3O9S/c1-31-19-7-4-14(11-17(19)22(25)26)3-6-16(24)13-33(29,30)21-10-9-15-5-8-20(32-2)18(12-15)23(27)28/h3-12,21H,13H2,1-2H3/b6-3-,10-9+. The Bertz CT molecular complexity index is 1240. The number of nitrogens with one attached hydrogen (secondary N) is 1. The number of carbonyl (C=O) groups is 1. The minimum absolute atomic E-state index is 0.0456. The summed E-state index contributed by atoms with van der Waals surface area (Å²) in [7, 11) is -1.48. The van der Waals surface area contributed by atoms with Gasteiger partial charge in [-0.15, -0.1) is 0 Å². The zero-order valence-corrected chi connectivity index (χ0v) is 18.3. The molecule has 0 amide bonds. The van der Waals surface area contributed by atoms with Crippen LogP contribution >= 0.6 is 0 Å². The first-order valence-electron chi connectivity index (χ1n) is 9.08. The highest BCUT2D eigenvalue weighted by Gasteiger charge is 2.16. The van der Waals surface area contributed by atoms with Crippen molar-refractivity contribution in [1.82, 2.24) is 4.72 Å². The SMILES string of the molecule is COc1ccc(/C=C\C(=O)CS(=O)(=O)N/C=C/c2ccc(OC)c([N+](=O)[O-])c2)cc1[N+](=O)[O-]. The van der Waals surface area contributed by atoms with Gasteiger partial charge in [0, 0.05) is 18.3 Å². The van der Waals surface area contributed by atoms with Crippen molar-refractivity contribution in [2.45, 2.75) is 0 Å². The number of hydrogen-bond acceptors (Lipinski definition) is 9. The summed E-state index contributed by atoms with van der Waals surface area (Å²) in [6.07, 6.45) is 4.55. The molecule has 13 heteroatoms. The van der Waals surface area contributed by atoms with Crippen molar-refractivity contribution in [3.63, 3.8) is 0 Å². The quantitative estimate of drug-likeness (QED) is 0.290. The van der Waals surface area contributed by atoms with Crippen LogP contribution < -0.4 is 14.2 Å². The van der Waals surface area contributed by atoms with Crippen molar-refractivity contribution in [1.29, 1.82) is 0 Å². The van der Waals surface area contributed by atoms with Crippen LogP contribution in [0.3, 0.4) is 0 Å². The second kappa shape index (κ2) is 10.9. The van der Waals surface area contributed by atoms with E-state index in [4.69, 9.17) is 9.47 Å². The molecule has 2 rings (SSSR count). The minimum Gasteiger partial charge on any atom is -0.490 e. The van der Waals surface area contributed by atoms with E-state index in [1.54, 1.807) is 0 Å². The number of nitrogens with zero attached hydrogens (tertiary/aromatic N) is 2. The molecule has 0 aromatic heterocycles. The highest BCUT2D eigenvalue weighted by atomic mass is 32.2. The molecule has 1 N–H and O–H groups in total. The molecule has 2 aromatic rings. The second-order valence-corrected chi connectivity index (χ2v) is 8.14. The van der Waals surface area contributed by atoms with Crippen molar-refractivity contribution in [2.75, 3.05) is 20.0 Å². The Balaban J connectivity index is 2.04. The third-order valence-corrected chi connectivity index (χ3v) is 5.28. The predicted octanol–water partition coefficient (Wildman–Crippen LogP) is 2.69. The van der Waals surface area contributed by atoms with Gasteiger partial charge in [-0.2, -0.15) is 0 Å². The molecule has 174 valence electrons. The Morgan fingerprint density at radius 3 is 1.88 bits per heavy atom. The van der Waals surface area contributed by atoms with Gasteiger partial charge in [0.2, 0.25) is 10.0 Å². The Hall–Kier alpha value is -4.26. The van der Waals surface area contributed by atoms with E-state index in [0.717, 1.165) is 12.3 Å². The van der Waals surface area contributed by atoms with Crippen LogP contribution in [0.4, 0.5) is 11.4 Å². The summed E-state index contributed by atoms with van der Waals surface area (Å²) in [5.41, 5.74) is 0.0478. The van der Waals surface area contributed by atoms with Gasteiger partial charge < -0.3 is 9.47 Å². The molecule has 0 saturated heterocycles. The molecule has 33 heavy (non-hydrogen) atoms. The molecule has 2 aromatic carbocycles. The van der Waals surface area contributed by atoms with Gasteiger partial charge >= 0.3 is 11.4 Å². The molecular weight excluding hydrogens is 458 g/mol. The zero-order valence-electron chi connectivity index (χ0n) is 17.5. The molecule has 0 fully saturated rings. The molecule has 0 atom stereocenters. The minimum atomic E-state index is -4.05. The molecule has 0 aliphatic carbocycles. The van der Waals surface area contributed by atoms with Crippen molar-refractivity contribution in [3.05, 3.63) is 80.0 Å². The summed E-state index contributed by atoms with van der Waals surface area (Å²) in [6, 6.07) is 8.06. The molecule has 0 heterocycles. The van der Waals surface area contributed by atoms with Crippen LogP contribution in [0.15, 0.2) is 48.7 Å². The summed E-state index contributed by atoms with van der Waals surface area (Å²) in [5, 5.41) is 22.1. The Morgan fingerprint density at radius 1 is 0.939 bits per heavy atom. The third kappa shape index (κ3) is 7.14. The molecular formula is C20H19N3O9S. The lowest BCUT2D eigenvalue weighted by molar-refractivity contribution is -0.385. The fourth-order valence-corrected chi connectivity index (χ4v) is 3.44. The summed E-state index contributed by atoms with van der Waals surface area (Å²) in [6.45, 7) is 0. The largest absolute Gasteiger partial charge is 0.490 e. The number of allylic oxidation sites excluding steroid dienone is 1. The number of methoxy groups -OCH3 is 2. The van der Waals surface area contributed by atoms with Gasteiger partial charge in [0.05, 0.1) is 24.1 Å². The van der Waals surface area contributed by atoms with Crippen LogP contribution in [-0.4, -0.2) is 44.0 Å². The molecule has 0 radical (unpaired) electrons. The van der Waals surface area contributed by atoms with Gasteiger partial charge in [-0.3, -0.25) is 29.7 Å². The highest BCUT2D eigenvalue weighted by Crippen LogP contribution is 2.28. The zero-order chi connectivity index (χ0) is 24.6. The maximum Gasteiger partial charge on any atom is 0.311 e. The Morgan fingerprint density at radius 2 is 1.42 bits per heavy atom. The van der Waals surface area contributed by atoms with E-state index in [1.807, 2.05) is 0 Å². The van der Waals surface area contributed by atoms with Gasteiger partial charge in [0.1, 0.15) is 5.75 Å². The first kappa shape index (κ1) is 25.0. The fourth-order valence-electron chi connectivity index (χ4n) is 2.61. The van der Waals surface area contributed by atoms with Gasteiger partial charge in [0.15, 0.2) is 17.3 Å². The average molecular weight is 477 g/mol. The predicted molar refractivity (Wildman–Crippen MR) is 119 cm³/mol. The molecule has 0 aliphatic heterocycles. The van der Waals surface area contributed by atoms with E-state index >= 15 is 0 Å². The van der Waals surface area contributed by atoms with Crippen molar-refractivity contribution < 1.29 is 32.5 Å². The number of nitro benzene ring substituents is 2. The van der Waals surface area contributed by atoms with Crippen LogP contribution in [0.2, 0.25) is 0 Å². The van der Waals surface area contributed by atoms with E-state index in [-0.39, 0.29) is 22.9 Å². The number of rotatable bonds is 11. The van der Waals surface area contributed by atoms with E-state index < -0.39 is 31.4 Å². The van der Waals surface area contributed by atoms with E-state index in [9.17, 15) is 33.4 Å². The fraction of sp³-hybridized carbons (Fsp3) is 0.150. The summed E-state index contributed by atoms with van der Waals surface area (Å²) >= 11 is 0. The molecule has 12 nitrogen and oxygen atoms in total. The second-order valence-electron chi connectivity index (χ2n) is 6.39. The summed E-state index contributed by atoms with van der Waals surface area (Å²) in [5.74, 6) is -1.55. The van der Waals surface area contributed by atoms with Crippen LogP contribution in [0, 0.1) is 20.2 Å². The Labute approximate surface area is 188 Å². The van der Waals surface area contributed by atoms with Crippen molar-refractivity contribution >= 4 is 39.3 Å². The van der Waals surface area contributed by atoms with Crippen LogP contribution in [0.1, 0.15) is 11.1 Å². The number of benzene rings is 2. The normalized spacial score (nSPS) is 11.5. The van der Waals surface area contributed by atoms with Crippen molar-refractivity contribution in [2.24, 2.45) is 0 Å². The number of carbonyl (C=O) groups excluding carboxylic acids is 1. The number of hydrogen-bond donors (Lipinski definition) is 1. The molecule has 0 unspecified atom stereocenters. The van der Waals surface area contributed by atoms with Crippen LogP contribution in [0.5, 0.6) is 11.5 Å². The van der Waals surface area contributed by atoms with Gasteiger partial charge in [0.25, 0.3) is 0 Å². The van der Waals surface area contributed by atoms with Gasteiger partial charge in [-0.25, -0.2) is 8.42 Å². The van der Waals surface area contributed by atoms with E-state index in [2.05, 4.69) is 4.72 Å². The summed E-state index contributed by atoms with van der Waals surface area (Å²) in [4.78, 5) is 32.8. The number of sulfonamides is 1. The maximum absolute atomic E-state index is 12.1. The topological polar surface area (TPSA) is 168 Å². The maximum atomic E-state index is 12.1. The van der Waals surface area contributed by atoms with E-state index in [0.29, 0.717) is 11.1 Å². The van der Waals surface area contributed by atoms with Crippen molar-refractivity contribution in [3.8, 4) is 11.5 Å². The third-order valence-electron chi connectivity index (χ3n) is 4.12. The van der Waals surface area contributed by atoms with Gasteiger partial charge in [-0.05, 0) is 35.4 Å². The average Bonchev–Trinajstić information content (AvgIpc) is 2.76. The lowest BCUT2D eigenvalue weighted by Crippen LogP contribution is -2.25. The molecule has 0 bridgehead atoms. The first-order chi connectivity index (χ1) is 15.6. The number of ether oxygens (including phenoxy) is 2. The monoisotopic (exact) mass is 477 g/mol. The van der Waals surface area contributed by atoms with Crippen LogP contribution in [0.25, 0.3) is 12.2 Å². The lowest BCUT2D eigenvalue weighted by Gasteiger charge is -2.03. The molecule has 0 saturated carbocycles. The smallest absolute Gasteiger partial charge is 0.311 e. The highest BCUT2D eigenvalue weighted by molar-refractivity contribution is 7.90. The first-order valence-corrected chi connectivity index (χ1v) is 10.7. The van der Waals surface area contributed by atoms with Gasteiger partial charge in [-0.1, -0.05) is 18.2 Å². The van der Waals surface area contributed by atoms with E-state index in [1.165, 1.54) is 62.8 Å². The summed E-state index contributed by atoms with van der Waals surface area (Å²) < 4.78 is 36.0. The lowest BCUT2D eigenvalue weighted by atomic mass is 10.1. The molecule has 0 spiro atoms.